The van der Waals surface area contributed by atoms with Gasteiger partial charge in [0.05, 0.1) is 19.1 Å². The zero-order valence-corrected chi connectivity index (χ0v) is 11.3. The van der Waals surface area contributed by atoms with E-state index in [0.29, 0.717) is 0 Å². The number of piperazine rings is 1. The van der Waals surface area contributed by atoms with Crippen LogP contribution in [0.4, 0.5) is 0 Å². The lowest BCUT2D eigenvalue weighted by molar-refractivity contribution is -0.137. The van der Waals surface area contributed by atoms with E-state index in [1.54, 1.807) is 11.3 Å². The summed E-state index contributed by atoms with van der Waals surface area (Å²) >= 11 is 1.62. The monoisotopic (exact) mass is 267 g/mol. The highest BCUT2D eigenvalue weighted by atomic mass is 32.1. The molecule has 2 atom stereocenters. The fourth-order valence-electron chi connectivity index (χ4n) is 2.28. The van der Waals surface area contributed by atoms with Crippen LogP contribution in [-0.4, -0.2) is 35.8 Å². The van der Waals surface area contributed by atoms with Crippen LogP contribution in [0.1, 0.15) is 23.4 Å². The average molecular weight is 267 g/mol. The van der Waals surface area contributed by atoms with Crippen LogP contribution in [0.2, 0.25) is 0 Å². The minimum atomic E-state index is -0.258. The number of amides is 2. The molecular weight excluding hydrogens is 250 g/mol. The van der Waals surface area contributed by atoms with Gasteiger partial charge in [-0.1, -0.05) is 0 Å². The molecule has 0 radical (unpaired) electrons. The molecule has 2 heterocycles. The number of aryl methyl sites for hydroxylation is 1. The van der Waals surface area contributed by atoms with Crippen molar-refractivity contribution >= 4 is 23.2 Å². The number of thiophene rings is 1. The summed E-state index contributed by atoms with van der Waals surface area (Å²) in [7, 11) is 0. The molecule has 3 N–H and O–H groups in total. The van der Waals surface area contributed by atoms with Gasteiger partial charge in [0, 0.05) is 10.9 Å². The van der Waals surface area contributed by atoms with E-state index in [4.69, 9.17) is 5.73 Å². The maximum absolute atomic E-state index is 11.5. The number of imide groups is 1. The van der Waals surface area contributed by atoms with Crippen LogP contribution in [0.25, 0.3) is 0 Å². The maximum atomic E-state index is 11.5. The van der Waals surface area contributed by atoms with Crippen molar-refractivity contribution in [1.29, 1.82) is 0 Å². The van der Waals surface area contributed by atoms with Gasteiger partial charge in [-0.3, -0.25) is 19.8 Å². The molecule has 0 spiro atoms. The van der Waals surface area contributed by atoms with Crippen molar-refractivity contribution in [2.24, 2.45) is 5.73 Å². The fourth-order valence-corrected chi connectivity index (χ4v) is 3.46. The molecule has 0 aliphatic carbocycles. The predicted molar refractivity (Wildman–Crippen MR) is 70.2 cm³/mol. The summed E-state index contributed by atoms with van der Waals surface area (Å²) in [4.78, 5) is 25.9. The summed E-state index contributed by atoms with van der Waals surface area (Å²) in [6.45, 7) is 4.36. The zero-order chi connectivity index (χ0) is 13.3. The third kappa shape index (κ3) is 2.60. The Balaban J connectivity index is 2.28. The minimum Gasteiger partial charge on any atom is -0.326 e. The highest BCUT2D eigenvalue weighted by Gasteiger charge is 2.32. The molecule has 1 aliphatic rings. The summed E-state index contributed by atoms with van der Waals surface area (Å²) in [5, 5.41) is 4.31. The SMILES string of the molecule is Cc1ccsc1C(C(C)N)N1CC(=O)NC(=O)C1. The van der Waals surface area contributed by atoms with Crippen molar-refractivity contribution in [1.82, 2.24) is 10.2 Å². The van der Waals surface area contributed by atoms with Gasteiger partial charge in [-0.2, -0.15) is 0 Å². The van der Waals surface area contributed by atoms with E-state index in [1.807, 2.05) is 30.2 Å². The molecule has 1 aliphatic heterocycles. The first-order valence-electron chi connectivity index (χ1n) is 5.85. The highest BCUT2D eigenvalue weighted by Crippen LogP contribution is 2.31. The van der Waals surface area contributed by atoms with Crippen molar-refractivity contribution in [3.63, 3.8) is 0 Å². The van der Waals surface area contributed by atoms with E-state index in [0.717, 1.165) is 10.4 Å². The Hall–Kier alpha value is -1.24. The molecule has 2 amide bonds. The van der Waals surface area contributed by atoms with Crippen LogP contribution in [0.15, 0.2) is 11.4 Å². The van der Waals surface area contributed by atoms with Gasteiger partial charge < -0.3 is 5.73 Å². The van der Waals surface area contributed by atoms with E-state index >= 15 is 0 Å². The van der Waals surface area contributed by atoms with Crippen molar-refractivity contribution in [2.45, 2.75) is 25.9 Å². The molecule has 18 heavy (non-hydrogen) atoms. The van der Waals surface area contributed by atoms with Gasteiger partial charge in [-0.15, -0.1) is 11.3 Å². The number of carbonyl (C=O) groups is 2. The van der Waals surface area contributed by atoms with E-state index in [2.05, 4.69) is 5.32 Å². The molecule has 5 nitrogen and oxygen atoms in total. The predicted octanol–water partition coefficient (Wildman–Crippen LogP) is 0.403. The summed E-state index contributed by atoms with van der Waals surface area (Å²) < 4.78 is 0. The van der Waals surface area contributed by atoms with E-state index in [-0.39, 0.29) is 37.0 Å². The third-order valence-electron chi connectivity index (χ3n) is 3.03. The molecule has 6 heteroatoms. The molecule has 0 bridgehead atoms. The lowest BCUT2D eigenvalue weighted by Crippen LogP contribution is -2.54. The first-order valence-corrected chi connectivity index (χ1v) is 6.73. The smallest absolute Gasteiger partial charge is 0.240 e. The summed E-state index contributed by atoms with van der Waals surface area (Å²) in [6, 6.07) is 1.81. The number of carbonyl (C=O) groups excluding carboxylic acids is 2. The Morgan fingerprint density at radius 3 is 2.44 bits per heavy atom. The standard InChI is InChI=1S/C12H17N3O2S/c1-7-3-4-18-12(7)11(8(2)13)15-5-9(16)14-10(17)6-15/h3-4,8,11H,5-6,13H2,1-2H3,(H,14,16,17). The van der Waals surface area contributed by atoms with Crippen molar-refractivity contribution in [3.8, 4) is 0 Å². The highest BCUT2D eigenvalue weighted by molar-refractivity contribution is 7.10. The number of hydrogen-bond donors (Lipinski definition) is 2. The second-order valence-electron chi connectivity index (χ2n) is 4.65. The molecule has 1 fully saturated rings. The van der Waals surface area contributed by atoms with Gasteiger partial charge in [0.1, 0.15) is 0 Å². The Morgan fingerprint density at radius 1 is 1.39 bits per heavy atom. The molecule has 2 unspecified atom stereocenters. The summed E-state index contributed by atoms with van der Waals surface area (Å²) in [6.07, 6.45) is 0. The van der Waals surface area contributed by atoms with Crippen molar-refractivity contribution in [2.75, 3.05) is 13.1 Å². The minimum absolute atomic E-state index is 0.0833. The second-order valence-corrected chi connectivity index (χ2v) is 5.60. The largest absolute Gasteiger partial charge is 0.326 e. The number of nitrogens with one attached hydrogen (secondary N) is 1. The number of hydrogen-bond acceptors (Lipinski definition) is 5. The average Bonchev–Trinajstić information content (AvgIpc) is 2.63. The van der Waals surface area contributed by atoms with Gasteiger partial charge in [-0.05, 0) is 30.9 Å². The summed E-state index contributed by atoms with van der Waals surface area (Å²) in [5.74, 6) is -0.516. The van der Waals surface area contributed by atoms with Gasteiger partial charge in [-0.25, -0.2) is 0 Å². The fraction of sp³-hybridized carbons (Fsp3) is 0.500. The molecule has 0 saturated carbocycles. The van der Waals surface area contributed by atoms with Crippen LogP contribution < -0.4 is 11.1 Å². The Morgan fingerprint density at radius 2 is 2.00 bits per heavy atom. The van der Waals surface area contributed by atoms with Gasteiger partial charge in [0.25, 0.3) is 0 Å². The Kier molecular flexibility index (Phi) is 3.79. The normalized spacial score (nSPS) is 20.6. The van der Waals surface area contributed by atoms with Crippen LogP contribution in [-0.2, 0) is 9.59 Å². The second kappa shape index (κ2) is 5.17. The molecule has 2 rings (SSSR count). The van der Waals surface area contributed by atoms with Crippen LogP contribution in [0.3, 0.4) is 0 Å². The number of nitrogens with two attached hydrogens (primary N) is 1. The third-order valence-corrected chi connectivity index (χ3v) is 4.12. The number of rotatable bonds is 3. The van der Waals surface area contributed by atoms with Crippen molar-refractivity contribution < 1.29 is 9.59 Å². The first-order chi connectivity index (χ1) is 8.49. The maximum Gasteiger partial charge on any atom is 0.240 e. The van der Waals surface area contributed by atoms with Crippen molar-refractivity contribution in [3.05, 3.63) is 21.9 Å². The van der Waals surface area contributed by atoms with E-state index in [1.165, 1.54) is 0 Å². The zero-order valence-electron chi connectivity index (χ0n) is 10.5. The van der Waals surface area contributed by atoms with Gasteiger partial charge in [0.15, 0.2) is 0 Å². The van der Waals surface area contributed by atoms with Gasteiger partial charge >= 0.3 is 0 Å². The molecule has 1 aromatic heterocycles. The van der Waals surface area contributed by atoms with Gasteiger partial charge in [0.2, 0.25) is 11.8 Å². The first kappa shape index (κ1) is 13.2. The molecule has 98 valence electrons. The summed E-state index contributed by atoms with van der Waals surface area (Å²) in [5.41, 5.74) is 7.19. The van der Waals surface area contributed by atoms with Crippen LogP contribution in [0.5, 0.6) is 0 Å². The van der Waals surface area contributed by atoms with Crippen LogP contribution in [0, 0.1) is 6.92 Å². The lowest BCUT2D eigenvalue weighted by Gasteiger charge is -2.35. The quantitative estimate of drug-likeness (QED) is 0.778. The van der Waals surface area contributed by atoms with E-state index < -0.39 is 0 Å². The molecule has 1 aromatic rings. The molecular formula is C12H17N3O2S. The Bertz CT molecular complexity index is 454. The lowest BCUT2D eigenvalue weighted by atomic mass is 10.0. The van der Waals surface area contributed by atoms with Crippen LogP contribution >= 0.6 is 11.3 Å². The number of nitrogens with zero attached hydrogens (tertiary/aromatic N) is 1. The Labute approximate surface area is 110 Å². The molecule has 1 saturated heterocycles. The molecule has 0 aromatic carbocycles. The topological polar surface area (TPSA) is 75.4 Å². The van der Waals surface area contributed by atoms with E-state index in [9.17, 15) is 9.59 Å².